The minimum Gasteiger partial charge on any atom is -0.361 e. The number of urea groups is 1. The fraction of sp³-hybridized carbons (Fsp3) is 0.333. The summed E-state index contributed by atoms with van der Waals surface area (Å²) in [4.78, 5) is 14.2. The number of aryl methyl sites for hydroxylation is 1. The highest BCUT2D eigenvalue weighted by Crippen LogP contribution is 2.32. The van der Waals surface area contributed by atoms with Crippen molar-refractivity contribution in [3.63, 3.8) is 0 Å². The van der Waals surface area contributed by atoms with Crippen molar-refractivity contribution in [1.82, 2.24) is 10.1 Å². The summed E-state index contributed by atoms with van der Waals surface area (Å²) in [5.74, 6) is 0.753. The zero-order valence-corrected chi connectivity index (χ0v) is 12.4. The maximum Gasteiger partial charge on any atom is 0.322 e. The van der Waals surface area contributed by atoms with E-state index in [2.05, 4.69) is 10.5 Å². The van der Waals surface area contributed by atoms with Gasteiger partial charge >= 0.3 is 6.03 Å². The van der Waals surface area contributed by atoms with Crippen molar-refractivity contribution in [3.8, 4) is 0 Å². The quantitative estimate of drug-likeness (QED) is 0.912. The lowest BCUT2D eigenvalue weighted by atomic mass is 10.1. The van der Waals surface area contributed by atoms with Crippen LogP contribution in [0.15, 0.2) is 34.9 Å². The molecule has 0 bridgehead atoms. The lowest BCUT2D eigenvalue weighted by molar-refractivity contribution is 0.204. The van der Waals surface area contributed by atoms with Gasteiger partial charge in [0, 0.05) is 12.6 Å². The Morgan fingerprint density at radius 3 is 3.00 bits per heavy atom. The summed E-state index contributed by atoms with van der Waals surface area (Å²) in [5.41, 5.74) is 1.42. The molecule has 110 valence electrons. The molecule has 1 fully saturated rings. The minimum absolute atomic E-state index is 0.0371. The van der Waals surface area contributed by atoms with E-state index in [4.69, 9.17) is 16.1 Å². The molecule has 2 heterocycles. The lowest BCUT2D eigenvalue weighted by Gasteiger charge is -2.23. The Bertz CT molecular complexity index is 656. The molecule has 3 rings (SSSR count). The number of carbonyl (C=O) groups is 1. The number of carbonyl (C=O) groups excluding carboxylic acids is 1. The molecule has 1 aliphatic rings. The number of halogens is 1. The minimum atomic E-state index is -0.161. The fourth-order valence-electron chi connectivity index (χ4n) is 2.61. The molecule has 6 heteroatoms. The van der Waals surface area contributed by atoms with Gasteiger partial charge in [0.05, 0.1) is 16.8 Å². The van der Waals surface area contributed by atoms with E-state index in [1.807, 2.05) is 25.1 Å². The zero-order chi connectivity index (χ0) is 14.8. The van der Waals surface area contributed by atoms with Crippen LogP contribution in [0.2, 0.25) is 5.02 Å². The first-order chi connectivity index (χ1) is 10.1. The molecule has 5 nitrogen and oxygen atoms in total. The van der Waals surface area contributed by atoms with Crippen molar-refractivity contribution in [2.75, 3.05) is 11.9 Å². The molecule has 0 spiro atoms. The summed E-state index contributed by atoms with van der Waals surface area (Å²) in [6.07, 6.45) is 1.84. The SMILES string of the molecule is Cc1cc(C2CCCN2C(=O)Nc2ccccc2Cl)no1. The molecule has 2 amide bonds. The highest BCUT2D eigenvalue weighted by atomic mass is 35.5. The predicted octanol–water partition coefficient (Wildman–Crippen LogP) is 4.01. The maximum absolute atomic E-state index is 12.5. The van der Waals surface area contributed by atoms with Crippen molar-refractivity contribution >= 4 is 23.3 Å². The van der Waals surface area contributed by atoms with Crippen LogP contribution in [0, 0.1) is 6.92 Å². The van der Waals surface area contributed by atoms with E-state index in [1.54, 1.807) is 17.0 Å². The van der Waals surface area contributed by atoms with Crippen LogP contribution in [0.4, 0.5) is 10.5 Å². The Morgan fingerprint density at radius 1 is 1.48 bits per heavy atom. The fourth-order valence-corrected chi connectivity index (χ4v) is 2.79. The van der Waals surface area contributed by atoms with Crippen molar-refractivity contribution < 1.29 is 9.32 Å². The summed E-state index contributed by atoms with van der Waals surface area (Å²) in [7, 11) is 0. The molecule has 1 aromatic heterocycles. The number of para-hydroxylation sites is 1. The normalized spacial score (nSPS) is 18.0. The zero-order valence-electron chi connectivity index (χ0n) is 11.7. The first-order valence-electron chi connectivity index (χ1n) is 6.90. The summed E-state index contributed by atoms with van der Waals surface area (Å²) >= 11 is 6.07. The number of nitrogens with zero attached hydrogens (tertiary/aromatic N) is 2. The number of benzene rings is 1. The Hall–Kier alpha value is -2.01. The van der Waals surface area contributed by atoms with Gasteiger partial charge < -0.3 is 14.7 Å². The van der Waals surface area contributed by atoms with E-state index in [0.717, 1.165) is 24.3 Å². The number of anilines is 1. The number of amides is 2. The second kappa shape index (κ2) is 5.77. The van der Waals surface area contributed by atoms with Crippen LogP contribution in [-0.2, 0) is 0 Å². The van der Waals surface area contributed by atoms with E-state index in [1.165, 1.54) is 0 Å². The highest BCUT2D eigenvalue weighted by molar-refractivity contribution is 6.33. The number of aromatic nitrogens is 1. The molecule has 1 saturated heterocycles. The average molecular weight is 306 g/mol. The molecule has 1 aromatic carbocycles. The van der Waals surface area contributed by atoms with Crippen LogP contribution in [0.3, 0.4) is 0 Å². The van der Waals surface area contributed by atoms with E-state index in [-0.39, 0.29) is 12.1 Å². The van der Waals surface area contributed by atoms with Gasteiger partial charge in [-0.25, -0.2) is 4.79 Å². The molecule has 1 N–H and O–H groups in total. The monoisotopic (exact) mass is 305 g/mol. The van der Waals surface area contributed by atoms with E-state index >= 15 is 0 Å². The number of hydrogen-bond donors (Lipinski definition) is 1. The van der Waals surface area contributed by atoms with E-state index in [9.17, 15) is 4.79 Å². The number of hydrogen-bond acceptors (Lipinski definition) is 3. The van der Waals surface area contributed by atoms with Crippen molar-refractivity contribution in [2.24, 2.45) is 0 Å². The summed E-state index contributed by atoms with van der Waals surface area (Å²) in [5, 5.41) is 7.41. The Kier molecular flexibility index (Phi) is 3.84. The third kappa shape index (κ3) is 2.88. The van der Waals surface area contributed by atoms with Gasteiger partial charge in [0.1, 0.15) is 11.5 Å². The third-order valence-electron chi connectivity index (χ3n) is 3.62. The molecule has 21 heavy (non-hydrogen) atoms. The van der Waals surface area contributed by atoms with Crippen molar-refractivity contribution in [2.45, 2.75) is 25.8 Å². The van der Waals surface area contributed by atoms with Gasteiger partial charge in [-0.15, -0.1) is 0 Å². The summed E-state index contributed by atoms with van der Waals surface area (Å²) in [6, 6.07) is 8.88. The topological polar surface area (TPSA) is 58.4 Å². The standard InChI is InChI=1S/C15H16ClN3O2/c1-10-9-13(18-21-10)14-7-4-8-19(14)15(20)17-12-6-3-2-5-11(12)16/h2-3,5-6,9,14H,4,7-8H2,1H3,(H,17,20). The van der Waals surface area contributed by atoms with Crippen molar-refractivity contribution in [3.05, 3.63) is 46.8 Å². The Balaban J connectivity index is 1.76. The van der Waals surface area contributed by atoms with Gasteiger partial charge in [0.15, 0.2) is 0 Å². The molecular formula is C15H16ClN3O2. The summed E-state index contributed by atoms with van der Waals surface area (Å²) in [6.45, 7) is 2.55. The predicted molar refractivity (Wildman–Crippen MR) is 80.4 cm³/mol. The molecule has 1 atom stereocenters. The van der Waals surface area contributed by atoms with Gasteiger partial charge in [-0.1, -0.05) is 28.9 Å². The molecular weight excluding hydrogens is 290 g/mol. The van der Waals surface area contributed by atoms with E-state index < -0.39 is 0 Å². The Labute approximate surface area is 127 Å². The number of nitrogens with one attached hydrogen (secondary N) is 1. The van der Waals surface area contributed by atoms with Crippen LogP contribution in [0.25, 0.3) is 0 Å². The third-order valence-corrected chi connectivity index (χ3v) is 3.95. The first-order valence-corrected chi connectivity index (χ1v) is 7.28. The van der Waals surface area contributed by atoms with E-state index in [0.29, 0.717) is 17.3 Å². The molecule has 0 aliphatic carbocycles. The molecule has 0 saturated carbocycles. The molecule has 1 aliphatic heterocycles. The Morgan fingerprint density at radius 2 is 2.29 bits per heavy atom. The van der Waals surface area contributed by atoms with Crippen LogP contribution >= 0.6 is 11.6 Å². The second-order valence-electron chi connectivity index (χ2n) is 5.12. The van der Waals surface area contributed by atoms with Crippen LogP contribution < -0.4 is 5.32 Å². The van der Waals surface area contributed by atoms with Gasteiger partial charge in [-0.3, -0.25) is 0 Å². The lowest BCUT2D eigenvalue weighted by Crippen LogP contribution is -2.34. The maximum atomic E-state index is 12.5. The largest absolute Gasteiger partial charge is 0.361 e. The number of rotatable bonds is 2. The van der Waals surface area contributed by atoms with Crippen LogP contribution in [0.5, 0.6) is 0 Å². The highest BCUT2D eigenvalue weighted by Gasteiger charge is 2.32. The van der Waals surface area contributed by atoms with Gasteiger partial charge in [-0.05, 0) is 31.9 Å². The first kappa shape index (κ1) is 13.9. The smallest absolute Gasteiger partial charge is 0.322 e. The molecule has 1 unspecified atom stereocenters. The van der Waals surface area contributed by atoms with Crippen LogP contribution in [-0.4, -0.2) is 22.6 Å². The van der Waals surface area contributed by atoms with Crippen molar-refractivity contribution in [1.29, 1.82) is 0 Å². The second-order valence-corrected chi connectivity index (χ2v) is 5.53. The molecule has 2 aromatic rings. The average Bonchev–Trinajstić information content (AvgIpc) is 3.09. The van der Waals surface area contributed by atoms with Gasteiger partial charge in [0.25, 0.3) is 0 Å². The molecule has 0 radical (unpaired) electrons. The van der Waals surface area contributed by atoms with Gasteiger partial charge in [0.2, 0.25) is 0 Å². The number of likely N-dealkylation sites (tertiary alicyclic amines) is 1. The van der Waals surface area contributed by atoms with Gasteiger partial charge in [-0.2, -0.15) is 0 Å². The summed E-state index contributed by atoms with van der Waals surface area (Å²) < 4.78 is 5.11. The van der Waals surface area contributed by atoms with Crippen LogP contribution in [0.1, 0.15) is 30.3 Å².